The molecule has 40 heavy (non-hydrogen) atoms. The molecule has 0 saturated carbocycles. The number of methoxy groups -OCH3 is 1. The van der Waals surface area contributed by atoms with Crippen molar-refractivity contribution in [3.63, 3.8) is 0 Å². The topological polar surface area (TPSA) is 76.5 Å². The summed E-state index contributed by atoms with van der Waals surface area (Å²) in [6, 6.07) is 14.3. The summed E-state index contributed by atoms with van der Waals surface area (Å²) in [5.74, 6) is 0.619. The summed E-state index contributed by atoms with van der Waals surface area (Å²) in [6.45, 7) is 6.74. The highest BCUT2D eigenvalue weighted by Crippen LogP contribution is 2.33. The van der Waals surface area contributed by atoms with Crippen molar-refractivity contribution < 1.29 is 9.53 Å². The molecule has 208 valence electrons. The van der Waals surface area contributed by atoms with Gasteiger partial charge in [-0.3, -0.25) is 14.2 Å². The third-order valence-electron chi connectivity index (χ3n) is 6.81. The zero-order valence-electron chi connectivity index (χ0n) is 22.5. The Bertz CT molecular complexity index is 1590. The van der Waals surface area contributed by atoms with Crippen LogP contribution in [0.3, 0.4) is 0 Å². The lowest BCUT2D eigenvalue weighted by atomic mass is 9.99. The van der Waals surface area contributed by atoms with Gasteiger partial charge in [0.1, 0.15) is 10.8 Å². The number of hydrogen-bond donors (Lipinski definition) is 1. The summed E-state index contributed by atoms with van der Waals surface area (Å²) in [4.78, 5) is 35.0. The smallest absolute Gasteiger partial charge is 0.265 e. The van der Waals surface area contributed by atoms with Gasteiger partial charge in [-0.05, 0) is 42.7 Å². The maximum Gasteiger partial charge on any atom is 0.265 e. The van der Waals surface area contributed by atoms with Gasteiger partial charge < -0.3 is 15.0 Å². The van der Waals surface area contributed by atoms with E-state index in [9.17, 15) is 9.59 Å². The average Bonchev–Trinajstić information content (AvgIpc) is 3.44. The van der Waals surface area contributed by atoms with Crippen molar-refractivity contribution in [1.82, 2.24) is 19.8 Å². The minimum atomic E-state index is -0.292. The molecule has 5 rings (SSSR count). The molecule has 1 aliphatic rings. The van der Waals surface area contributed by atoms with Crippen molar-refractivity contribution in [3.8, 4) is 33.3 Å². The van der Waals surface area contributed by atoms with E-state index < -0.39 is 0 Å². The number of pyridine rings is 1. The molecule has 1 aliphatic heterocycles. The van der Waals surface area contributed by atoms with Crippen LogP contribution < -0.4 is 15.6 Å². The lowest BCUT2D eigenvalue weighted by Gasteiger charge is -2.29. The summed E-state index contributed by atoms with van der Waals surface area (Å²) in [5, 5.41) is 6.74. The van der Waals surface area contributed by atoms with E-state index in [1.807, 2.05) is 22.4 Å². The third-order valence-corrected chi connectivity index (χ3v) is 8.26. The molecular weight excluding hydrogens is 567 g/mol. The fourth-order valence-corrected chi connectivity index (χ4v) is 5.98. The van der Waals surface area contributed by atoms with Crippen LogP contribution in [-0.2, 0) is 6.42 Å². The lowest BCUT2D eigenvalue weighted by Crippen LogP contribution is -2.47. The van der Waals surface area contributed by atoms with Crippen molar-refractivity contribution in [1.29, 1.82) is 0 Å². The number of carbonyl (C=O) groups is 1. The SMILES string of the molecule is COc1ccc(Cl)c(-n2c(CC(C)C)c(C(=O)N3CCNCC3)cc(-c3nc(-c4ccc(Cl)cc4)cs3)c2=O)c1. The van der Waals surface area contributed by atoms with Gasteiger partial charge in [-0.15, -0.1) is 11.3 Å². The van der Waals surface area contributed by atoms with Gasteiger partial charge in [0.05, 0.1) is 34.6 Å². The van der Waals surface area contributed by atoms with Crippen molar-refractivity contribution in [2.24, 2.45) is 5.92 Å². The van der Waals surface area contributed by atoms with E-state index in [1.54, 1.807) is 48.1 Å². The van der Waals surface area contributed by atoms with Crippen LogP contribution in [0.25, 0.3) is 27.5 Å². The summed E-state index contributed by atoms with van der Waals surface area (Å²) < 4.78 is 7.05. The van der Waals surface area contributed by atoms with Crippen LogP contribution in [0.1, 0.15) is 29.9 Å². The number of benzene rings is 2. The molecule has 2 aromatic carbocycles. The lowest BCUT2D eigenvalue weighted by molar-refractivity contribution is 0.0733. The van der Waals surface area contributed by atoms with E-state index in [-0.39, 0.29) is 17.4 Å². The number of amides is 1. The van der Waals surface area contributed by atoms with E-state index in [4.69, 9.17) is 32.9 Å². The molecule has 1 fully saturated rings. The van der Waals surface area contributed by atoms with Crippen molar-refractivity contribution >= 4 is 40.4 Å². The van der Waals surface area contributed by atoms with Gasteiger partial charge in [-0.1, -0.05) is 49.2 Å². The molecule has 2 aromatic heterocycles. The molecule has 1 amide bonds. The van der Waals surface area contributed by atoms with E-state index in [1.165, 1.54) is 11.3 Å². The number of piperazine rings is 1. The van der Waals surface area contributed by atoms with Crippen molar-refractivity contribution in [2.75, 3.05) is 33.3 Å². The van der Waals surface area contributed by atoms with Gasteiger partial charge >= 0.3 is 0 Å². The predicted octanol–water partition coefficient (Wildman–Crippen LogP) is 6.19. The van der Waals surface area contributed by atoms with Gasteiger partial charge in [0.2, 0.25) is 0 Å². The second kappa shape index (κ2) is 12.1. The first-order valence-electron chi connectivity index (χ1n) is 13.1. The Balaban J connectivity index is 1.76. The largest absolute Gasteiger partial charge is 0.497 e. The number of thiazole rings is 1. The summed E-state index contributed by atoms with van der Waals surface area (Å²) in [7, 11) is 1.56. The number of halogens is 2. The van der Waals surface area contributed by atoms with Crippen LogP contribution in [0, 0.1) is 5.92 Å². The molecule has 3 heterocycles. The first kappa shape index (κ1) is 28.4. The molecule has 10 heteroatoms. The maximum absolute atomic E-state index is 14.3. The Hall–Kier alpha value is -3.17. The fraction of sp³-hybridized carbons (Fsp3) is 0.300. The third kappa shape index (κ3) is 5.81. The number of carbonyl (C=O) groups excluding carboxylic acids is 1. The molecule has 0 spiro atoms. The van der Waals surface area contributed by atoms with E-state index in [2.05, 4.69) is 19.2 Å². The standard InChI is InChI=1S/C30H30Cl2N4O3S/c1-18(2)14-26-22(29(37)35-12-10-33-11-13-35)16-23(28-34-25(17-40-28)19-4-6-20(31)7-5-19)30(38)36(26)27-15-21(39-3)8-9-24(27)32/h4-9,15-18,33H,10-14H2,1-3H3. The van der Waals surface area contributed by atoms with Crippen LogP contribution in [0.5, 0.6) is 5.75 Å². The van der Waals surface area contributed by atoms with Crippen molar-refractivity contribution in [2.45, 2.75) is 20.3 Å². The monoisotopic (exact) mass is 596 g/mol. The average molecular weight is 598 g/mol. The molecular formula is C30H30Cl2N4O3S. The molecule has 4 aromatic rings. The first-order chi connectivity index (χ1) is 19.3. The normalized spacial score (nSPS) is 13.6. The van der Waals surface area contributed by atoms with Crippen LogP contribution in [0.4, 0.5) is 0 Å². The predicted molar refractivity (Wildman–Crippen MR) is 162 cm³/mol. The molecule has 0 unspecified atom stereocenters. The molecule has 0 atom stereocenters. The zero-order chi connectivity index (χ0) is 28.4. The Morgan fingerprint density at radius 1 is 1.10 bits per heavy atom. The maximum atomic E-state index is 14.3. The zero-order valence-corrected chi connectivity index (χ0v) is 24.9. The van der Waals surface area contributed by atoms with Crippen LogP contribution >= 0.6 is 34.5 Å². The minimum Gasteiger partial charge on any atom is -0.497 e. The van der Waals surface area contributed by atoms with E-state index in [0.717, 1.165) is 24.3 Å². The highest BCUT2D eigenvalue weighted by molar-refractivity contribution is 7.13. The Kier molecular flexibility index (Phi) is 8.61. The number of hydrogen-bond acceptors (Lipinski definition) is 6. The van der Waals surface area contributed by atoms with Gasteiger partial charge in [0.15, 0.2) is 0 Å². The fourth-order valence-electron chi connectivity index (χ4n) is 4.81. The molecule has 0 radical (unpaired) electrons. The minimum absolute atomic E-state index is 0.111. The number of rotatable bonds is 7. The summed E-state index contributed by atoms with van der Waals surface area (Å²) in [5.41, 5.74) is 3.23. The van der Waals surface area contributed by atoms with Crippen LogP contribution in [-0.4, -0.2) is 53.6 Å². The van der Waals surface area contributed by atoms with E-state index >= 15 is 0 Å². The second-order valence-corrected chi connectivity index (χ2v) is 11.8. The summed E-state index contributed by atoms with van der Waals surface area (Å²) >= 11 is 14.1. The van der Waals surface area contributed by atoms with E-state index in [0.29, 0.717) is 62.8 Å². The molecule has 1 saturated heterocycles. The quantitative estimate of drug-likeness (QED) is 0.275. The molecule has 1 N–H and O–H groups in total. The molecule has 0 aliphatic carbocycles. The first-order valence-corrected chi connectivity index (χ1v) is 14.7. The van der Waals surface area contributed by atoms with Gasteiger partial charge in [0, 0.05) is 53.9 Å². The highest BCUT2D eigenvalue weighted by atomic mass is 35.5. The van der Waals surface area contributed by atoms with Crippen LogP contribution in [0.15, 0.2) is 58.7 Å². The van der Waals surface area contributed by atoms with Gasteiger partial charge in [-0.25, -0.2) is 4.98 Å². The summed E-state index contributed by atoms with van der Waals surface area (Å²) in [6.07, 6.45) is 0.504. The second-order valence-electron chi connectivity index (χ2n) is 10.1. The van der Waals surface area contributed by atoms with Gasteiger partial charge in [0.25, 0.3) is 11.5 Å². The van der Waals surface area contributed by atoms with Crippen LogP contribution in [0.2, 0.25) is 10.0 Å². The Labute approximate surface area is 247 Å². The van der Waals surface area contributed by atoms with Gasteiger partial charge in [-0.2, -0.15) is 0 Å². The number of aromatic nitrogens is 2. The van der Waals surface area contributed by atoms with Crippen molar-refractivity contribution in [3.05, 3.63) is 85.6 Å². The number of ether oxygens (including phenoxy) is 1. The highest BCUT2D eigenvalue weighted by Gasteiger charge is 2.28. The number of nitrogens with one attached hydrogen (secondary N) is 1. The Morgan fingerprint density at radius 3 is 2.50 bits per heavy atom. The Morgan fingerprint density at radius 2 is 1.82 bits per heavy atom. The number of nitrogens with zero attached hydrogens (tertiary/aromatic N) is 3. The molecule has 0 bridgehead atoms. The molecule has 7 nitrogen and oxygen atoms in total.